The Morgan fingerprint density at radius 1 is 1.72 bits per heavy atom. The van der Waals surface area contributed by atoms with E-state index in [4.69, 9.17) is 9.26 Å². The Morgan fingerprint density at radius 3 is 3.06 bits per heavy atom. The number of ether oxygens (including phenoxy) is 1. The third kappa shape index (κ3) is 2.13. The highest BCUT2D eigenvalue weighted by Crippen LogP contribution is 2.32. The molecule has 0 spiro atoms. The van der Waals surface area contributed by atoms with Gasteiger partial charge in [-0.1, -0.05) is 5.16 Å². The molecule has 1 aromatic heterocycles. The van der Waals surface area contributed by atoms with Gasteiger partial charge in [-0.05, 0) is 26.3 Å². The quantitative estimate of drug-likeness (QED) is 0.846. The zero-order chi connectivity index (χ0) is 13.2. The van der Waals surface area contributed by atoms with E-state index in [0.29, 0.717) is 13.0 Å². The fraction of sp³-hybridized carbons (Fsp3) is 0.667. The van der Waals surface area contributed by atoms with Gasteiger partial charge in [0.2, 0.25) is 0 Å². The smallest absolute Gasteiger partial charge is 0.326 e. The van der Waals surface area contributed by atoms with E-state index >= 15 is 0 Å². The minimum absolute atomic E-state index is 0.201. The molecule has 6 heteroatoms. The van der Waals surface area contributed by atoms with Crippen molar-refractivity contribution in [1.82, 2.24) is 10.1 Å². The van der Waals surface area contributed by atoms with E-state index in [0.717, 1.165) is 24.2 Å². The lowest BCUT2D eigenvalue weighted by molar-refractivity contribution is -0.153. The maximum absolute atomic E-state index is 11.6. The van der Waals surface area contributed by atoms with Gasteiger partial charge in [0.1, 0.15) is 11.8 Å². The molecule has 0 bridgehead atoms. The number of aryl methyl sites for hydroxylation is 1. The molecule has 1 aromatic rings. The summed E-state index contributed by atoms with van der Waals surface area (Å²) in [5.74, 6) is -0.823. The summed E-state index contributed by atoms with van der Waals surface area (Å²) >= 11 is 0. The first kappa shape index (κ1) is 13.0. The number of carboxylic acids is 1. The Bertz CT molecular complexity index is 431. The largest absolute Gasteiger partial charge is 0.480 e. The molecule has 0 saturated carbocycles. The second-order valence-electron chi connectivity index (χ2n) is 4.72. The first-order valence-corrected chi connectivity index (χ1v) is 5.97. The van der Waals surface area contributed by atoms with E-state index in [-0.39, 0.29) is 6.61 Å². The van der Waals surface area contributed by atoms with Gasteiger partial charge < -0.3 is 14.4 Å². The molecule has 0 radical (unpaired) electrons. The van der Waals surface area contributed by atoms with Crippen molar-refractivity contribution in [1.29, 1.82) is 0 Å². The SMILES string of the molecule is COCC1(C(=O)O)CCCN1Cc1conc1C. The molecule has 1 atom stereocenters. The Kier molecular flexibility index (Phi) is 3.68. The van der Waals surface area contributed by atoms with Crippen LogP contribution in [0.5, 0.6) is 0 Å². The van der Waals surface area contributed by atoms with Crippen molar-refractivity contribution in [3.8, 4) is 0 Å². The van der Waals surface area contributed by atoms with E-state index in [9.17, 15) is 9.90 Å². The van der Waals surface area contributed by atoms with Crippen LogP contribution in [0.25, 0.3) is 0 Å². The zero-order valence-corrected chi connectivity index (χ0v) is 10.7. The van der Waals surface area contributed by atoms with E-state index in [1.165, 1.54) is 7.11 Å². The Balaban J connectivity index is 2.20. The fourth-order valence-electron chi connectivity index (χ4n) is 2.54. The van der Waals surface area contributed by atoms with E-state index in [1.807, 2.05) is 11.8 Å². The molecule has 1 fully saturated rings. The van der Waals surface area contributed by atoms with Gasteiger partial charge in [0.15, 0.2) is 0 Å². The predicted octanol–water partition coefficient (Wildman–Crippen LogP) is 1.05. The van der Waals surface area contributed by atoms with E-state index < -0.39 is 11.5 Å². The molecule has 1 unspecified atom stereocenters. The number of nitrogens with zero attached hydrogens (tertiary/aromatic N) is 2. The van der Waals surface area contributed by atoms with Crippen LogP contribution in [0.2, 0.25) is 0 Å². The predicted molar refractivity (Wildman–Crippen MR) is 63.1 cm³/mol. The maximum Gasteiger partial charge on any atom is 0.326 e. The lowest BCUT2D eigenvalue weighted by Crippen LogP contribution is -2.53. The number of aliphatic carboxylic acids is 1. The molecule has 0 aromatic carbocycles. The van der Waals surface area contributed by atoms with Gasteiger partial charge in [0.25, 0.3) is 0 Å². The molecule has 18 heavy (non-hydrogen) atoms. The van der Waals surface area contributed by atoms with Crippen molar-refractivity contribution in [3.05, 3.63) is 17.5 Å². The second kappa shape index (κ2) is 5.07. The minimum atomic E-state index is -0.918. The number of aromatic nitrogens is 1. The van der Waals surface area contributed by atoms with Crippen molar-refractivity contribution in [2.24, 2.45) is 0 Å². The molecular formula is C12H18N2O4. The summed E-state index contributed by atoms with van der Waals surface area (Å²) in [6, 6.07) is 0. The molecule has 100 valence electrons. The van der Waals surface area contributed by atoms with Gasteiger partial charge in [-0.15, -0.1) is 0 Å². The van der Waals surface area contributed by atoms with Gasteiger partial charge >= 0.3 is 5.97 Å². The van der Waals surface area contributed by atoms with Crippen LogP contribution in [0, 0.1) is 6.92 Å². The monoisotopic (exact) mass is 254 g/mol. The van der Waals surface area contributed by atoms with E-state index in [1.54, 1.807) is 6.26 Å². The van der Waals surface area contributed by atoms with Gasteiger partial charge in [-0.2, -0.15) is 0 Å². The van der Waals surface area contributed by atoms with Crippen molar-refractivity contribution >= 4 is 5.97 Å². The molecule has 0 aliphatic carbocycles. The number of methoxy groups -OCH3 is 1. The molecule has 2 heterocycles. The van der Waals surface area contributed by atoms with Crippen LogP contribution < -0.4 is 0 Å². The number of carboxylic acid groups (broad SMARTS) is 1. The maximum atomic E-state index is 11.6. The third-order valence-electron chi connectivity index (χ3n) is 3.62. The van der Waals surface area contributed by atoms with Crippen LogP contribution >= 0.6 is 0 Å². The Hall–Kier alpha value is -1.40. The lowest BCUT2D eigenvalue weighted by atomic mass is 9.97. The van der Waals surface area contributed by atoms with Crippen LogP contribution in [0.3, 0.4) is 0 Å². The fourth-order valence-corrected chi connectivity index (χ4v) is 2.54. The number of likely N-dealkylation sites (tertiary alicyclic amines) is 1. The number of carbonyl (C=O) groups is 1. The van der Waals surface area contributed by atoms with Crippen molar-refractivity contribution < 1.29 is 19.2 Å². The molecule has 0 amide bonds. The standard InChI is InChI=1S/C12H18N2O4/c1-9-10(7-18-13-9)6-14-5-3-4-12(14,8-17-2)11(15)16/h7H,3-6,8H2,1-2H3,(H,15,16). The summed E-state index contributed by atoms with van der Waals surface area (Å²) in [4.78, 5) is 13.5. The summed E-state index contributed by atoms with van der Waals surface area (Å²) in [7, 11) is 1.53. The molecule has 2 rings (SSSR count). The Labute approximate surface area is 106 Å². The van der Waals surface area contributed by atoms with Crippen LogP contribution in [-0.2, 0) is 16.1 Å². The highest BCUT2D eigenvalue weighted by atomic mass is 16.5. The molecule has 6 nitrogen and oxygen atoms in total. The highest BCUT2D eigenvalue weighted by Gasteiger charge is 2.47. The zero-order valence-electron chi connectivity index (χ0n) is 10.7. The Morgan fingerprint density at radius 2 is 2.50 bits per heavy atom. The molecule has 1 aliphatic heterocycles. The molecule has 1 N–H and O–H groups in total. The van der Waals surface area contributed by atoms with Crippen molar-refractivity contribution in [3.63, 3.8) is 0 Å². The van der Waals surface area contributed by atoms with Gasteiger partial charge in [0, 0.05) is 19.2 Å². The number of rotatable bonds is 5. The first-order chi connectivity index (χ1) is 8.60. The minimum Gasteiger partial charge on any atom is -0.480 e. The van der Waals surface area contributed by atoms with Crippen LogP contribution in [0.4, 0.5) is 0 Å². The normalized spacial score (nSPS) is 24.6. The summed E-state index contributed by atoms with van der Waals surface area (Å²) < 4.78 is 10.00. The molecule has 1 aliphatic rings. The number of hydrogen-bond acceptors (Lipinski definition) is 5. The second-order valence-corrected chi connectivity index (χ2v) is 4.72. The summed E-state index contributed by atoms with van der Waals surface area (Å²) in [6.45, 7) is 3.34. The van der Waals surface area contributed by atoms with Crippen LogP contribution in [0.1, 0.15) is 24.1 Å². The molecule has 1 saturated heterocycles. The third-order valence-corrected chi connectivity index (χ3v) is 3.62. The van der Waals surface area contributed by atoms with Crippen molar-refractivity contribution in [2.45, 2.75) is 31.8 Å². The van der Waals surface area contributed by atoms with Crippen molar-refractivity contribution in [2.75, 3.05) is 20.3 Å². The summed E-state index contributed by atoms with van der Waals surface area (Å²) in [5.41, 5.74) is 0.815. The average Bonchev–Trinajstić information content (AvgIpc) is 2.89. The topological polar surface area (TPSA) is 75.8 Å². The summed E-state index contributed by atoms with van der Waals surface area (Å²) in [5, 5.41) is 13.3. The van der Waals surface area contributed by atoms with Gasteiger partial charge in [0.05, 0.1) is 12.3 Å². The van der Waals surface area contributed by atoms with E-state index in [2.05, 4.69) is 5.16 Å². The first-order valence-electron chi connectivity index (χ1n) is 5.97. The van der Waals surface area contributed by atoms with Gasteiger partial charge in [-0.3, -0.25) is 9.69 Å². The van der Waals surface area contributed by atoms with Crippen LogP contribution in [-0.4, -0.2) is 46.9 Å². The average molecular weight is 254 g/mol. The van der Waals surface area contributed by atoms with Crippen LogP contribution in [0.15, 0.2) is 10.8 Å². The number of hydrogen-bond donors (Lipinski definition) is 1. The lowest BCUT2D eigenvalue weighted by Gasteiger charge is -2.33. The highest BCUT2D eigenvalue weighted by molar-refractivity contribution is 5.79. The van der Waals surface area contributed by atoms with Gasteiger partial charge in [-0.25, -0.2) is 0 Å². The molecular weight excluding hydrogens is 236 g/mol. The summed E-state index contributed by atoms with van der Waals surface area (Å²) in [6.07, 6.45) is 3.05.